The molecule has 3 rings (SSSR count). The van der Waals surface area contributed by atoms with Crippen LogP contribution in [-0.2, 0) is 16.4 Å². The molecule has 0 aliphatic rings. The minimum Gasteiger partial charge on any atom is -0.360 e. The summed E-state index contributed by atoms with van der Waals surface area (Å²) in [6, 6.07) is 16.5. The van der Waals surface area contributed by atoms with Gasteiger partial charge in [-0.05, 0) is 37.1 Å². The number of hydrogen-bond acceptors (Lipinski definition) is 8. The van der Waals surface area contributed by atoms with E-state index in [1.807, 2.05) is 30.3 Å². The minimum absolute atomic E-state index is 0.0833. The van der Waals surface area contributed by atoms with Gasteiger partial charge in [-0.3, -0.25) is 0 Å². The number of nitrogens with zero attached hydrogens (tertiary/aromatic N) is 2. The topological polar surface area (TPSA) is 101 Å². The summed E-state index contributed by atoms with van der Waals surface area (Å²) < 4.78 is 29.2. The van der Waals surface area contributed by atoms with Gasteiger partial charge >= 0.3 is 0 Å². The second-order valence-corrected chi connectivity index (χ2v) is 11.4. The average Bonchev–Trinajstić information content (AvgIpc) is 3.32. The number of rotatable bonds is 17. The Morgan fingerprint density at radius 3 is 2.24 bits per heavy atom. The number of sulfonamides is 1. The van der Waals surface area contributed by atoms with Crippen LogP contribution in [0.25, 0.3) is 22.4 Å². The first-order valence-electron chi connectivity index (χ1n) is 12.8. The summed E-state index contributed by atoms with van der Waals surface area (Å²) in [5.41, 5.74) is 3.47. The summed E-state index contributed by atoms with van der Waals surface area (Å²) in [4.78, 5) is 2.55. The van der Waals surface area contributed by atoms with Crippen molar-refractivity contribution in [3.8, 4) is 22.4 Å². The molecule has 10 heteroatoms. The van der Waals surface area contributed by atoms with Crippen LogP contribution >= 0.6 is 25.3 Å². The van der Waals surface area contributed by atoms with Gasteiger partial charge in [0, 0.05) is 49.7 Å². The second kappa shape index (κ2) is 15.6. The summed E-state index contributed by atoms with van der Waals surface area (Å²) >= 11 is 8.64. The Labute approximate surface area is 232 Å². The zero-order valence-electron chi connectivity index (χ0n) is 21.2. The van der Waals surface area contributed by atoms with E-state index in [1.54, 1.807) is 12.1 Å². The number of nitrogens with one attached hydrogen (secondary N) is 1. The normalized spacial score (nSPS) is 11.9. The van der Waals surface area contributed by atoms with Crippen molar-refractivity contribution in [1.82, 2.24) is 15.4 Å². The molecule has 0 amide bonds. The van der Waals surface area contributed by atoms with E-state index in [4.69, 9.17) is 9.66 Å². The van der Waals surface area contributed by atoms with Gasteiger partial charge in [-0.1, -0.05) is 60.5 Å². The lowest BCUT2D eigenvalue weighted by Gasteiger charge is -2.21. The molecule has 1 heterocycles. The van der Waals surface area contributed by atoms with Gasteiger partial charge in [0.2, 0.25) is 10.0 Å². The van der Waals surface area contributed by atoms with Gasteiger partial charge in [-0.15, -0.1) is 0 Å². The van der Waals surface area contributed by atoms with Crippen LogP contribution in [-0.4, -0.2) is 62.7 Å². The summed E-state index contributed by atoms with van der Waals surface area (Å²) in [5, 5.41) is 13.1. The largest absolute Gasteiger partial charge is 0.360 e. The molecule has 2 aromatic carbocycles. The Morgan fingerprint density at radius 2 is 1.57 bits per heavy atom. The summed E-state index contributed by atoms with van der Waals surface area (Å²) in [7, 11) is -3.76. The van der Waals surface area contributed by atoms with Crippen molar-refractivity contribution < 1.29 is 12.9 Å². The zero-order valence-corrected chi connectivity index (χ0v) is 23.8. The van der Waals surface area contributed by atoms with Crippen molar-refractivity contribution in [3.05, 3.63) is 60.4 Å². The van der Waals surface area contributed by atoms with Gasteiger partial charge < -0.3 is 14.7 Å². The summed E-state index contributed by atoms with van der Waals surface area (Å²) in [6.45, 7) is 5.02. The molecule has 0 atom stereocenters. The molecule has 0 fully saturated rings. The van der Waals surface area contributed by atoms with Crippen molar-refractivity contribution >= 4 is 35.3 Å². The Hall–Kier alpha value is -1.82. The van der Waals surface area contributed by atoms with E-state index in [0.29, 0.717) is 0 Å². The van der Waals surface area contributed by atoms with Crippen molar-refractivity contribution in [2.24, 2.45) is 5.14 Å². The van der Waals surface area contributed by atoms with Gasteiger partial charge in [-0.25, -0.2) is 13.6 Å². The Kier molecular flexibility index (Phi) is 12.5. The van der Waals surface area contributed by atoms with Gasteiger partial charge in [-0.2, -0.15) is 25.3 Å². The van der Waals surface area contributed by atoms with E-state index >= 15 is 0 Å². The molecule has 7 nitrogen and oxygen atoms in total. The highest BCUT2D eigenvalue weighted by Crippen LogP contribution is 2.35. The standard InChI is InChI=1S/C27H38N4O3S3/c28-37(32,33)24-13-11-22(12-14-24)26-25(34-30-27(26)23-8-4-3-5-9-23)10-6-1-2-7-17-31(19-21-36)18-15-29-16-20-35/h3-5,8-9,11-14,29,35-36H,1-2,6-7,10,15-21H2,(H2,28,32,33). The third kappa shape index (κ3) is 9.46. The molecule has 0 aliphatic carbocycles. The third-order valence-corrected chi connectivity index (χ3v) is 7.57. The van der Waals surface area contributed by atoms with Crippen LogP contribution in [0.15, 0.2) is 64.0 Å². The first-order valence-corrected chi connectivity index (χ1v) is 15.6. The van der Waals surface area contributed by atoms with Crippen LogP contribution in [0.2, 0.25) is 0 Å². The fourth-order valence-electron chi connectivity index (χ4n) is 4.29. The molecule has 1 aromatic heterocycles. The monoisotopic (exact) mass is 562 g/mol. The number of thiol groups is 2. The highest BCUT2D eigenvalue weighted by atomic mass is 32.2. The van der Waals surface area contributed by atoms with E-state index in [1.165, 1.54) is 12.1 Å². The van der Waals surface area contributed by atoms with Gasteiger partial charge in [0.1, 0.15) is 11.5 Å². The smallest absolute Gasteiger partial charge is 0.238 e. The zero-order chi connectivity index (χ0) is 26.5. The van der Waals surface area contributed by atoms with E-state index in [0.717, 1.165) is 104 Å². The summed E-state index contributed by atoms with van der Waals surface area (Å²) in [6.07, 6.45) is 5.14. The number of nitrogens with two attached hydrogens (primary N) is 1. The van der Waals surface area contributed by atoms with Crippen LogP contribution in [0.4, 0.5) is 0 Å². The number of unbranched alkanes of at least 4 members (excludes halogenated alkanes) is 3. The van der Waals surface area contributed by atoms with Crippen LogP contribution in [0, 0.1) is 0 Å². The molecule has 0 unspecified atom stereocenters. The van der Waals surface area contributed by atoms with Gasteiger partial charge in [0.05, 0.1) is 10.5 Å². The van der Waals surface area contributed by atoms with Crippen LogP contribution in [0.1, 0.15) is 31.4 Å². The van der Waals surface area contributed by atoms with Crippen molar-refractivity contribution in [3.63, 3.8) is 0 Å². The highest BCUT2D eigenvalue weighted by molar-refractivity contribution is 7.89. The van der Waals surface area contributed by atoms with E-state index in [2.05, 4.69) is 40.6 Å². The minimum atomic E-state index is -3.76. The molecule has 0 saturated carbocycles. The lowest BCUT2D eigenvalue weighted by Crippen LogP contribution is -2.34. The fraction of sp³-hybridized carbons (Fsp3) is 0.444. The molecule has 202 valence electrons. The number of aryl methyl sites for hydroxylation is 1. The SMILES string of the molecule is NS(=O)(=O)c1ccc(-c2c(-c3ccccc3)noc2CCCCCCN(CCS)CCNCCS)cc1. The van der Waals surface area contributed by atoms with Gasteiger partial charge in [0.15, 0.2) is 0 Å². The summed E-state index contributed by atoms with van der Waals surface area (Å²) in [5.74, 6) is 2.53. The molecule has 0 aliphatic heterocycles. The third-order valence-electron chi connectivity index (χ3n) is 6.22. The van der Waals surface area contributed by atoms with Crippen LogP contribution in [0.3, 0.4) is 0 Å². The number of hydrogen-bond donors (Lipinski definition) is 4. The number of benzene rings is 2. The molecular formula is C27H38N4O3S3. The van der Waals surface area contributed by atoms with E-state index in [-0.39, 0.29) is 4.90 Å². The molecule has 37 heavy (non-hydrogen) atoms. The Bertz CT molecular complexity index is 1170. The predicted octanol–water partition coefficient (Wildman–Crippen LogP) is 4.51. The Morgan fingerprint density at radius 1 is 0.838 bits per heavy atom. The van der Waals surface area contributed by atoms with Crippen molar-refractivity contribution in [2.45, 2.75) is 37.0 Å². The molecule has 0 spiro atoms. The quantitative estimate of drug-likeness (QED) is 0.143. The number of aromatic nitrogens is 1. The molecule has 3 aromatic rings. The van der Waals surface area contributed by atoms with Crippen molar-refractivity contribution in [2.75, 3.05) is 44.2 Å². The first kappa shape index (κ1) is 29.7. The predicted molar refractivity (Wildman–Crippen MR) is 158 cm³/mol. The van der Waals surface area contributed by atoms with Crippen LogP contribution in [0.5, 0.6) is 0 Å². The molecule has 0 saturated heterocycles. The maximum atomic E-state index is 11.7. The molecule has 0 bridgehead atoms. The second-order valence-electron chi connectivity index (χ2n) is 8.97. The maximum Gasteiger partial charge on any atom is 0.238 e. The molecule has 3 N–H and O–H groups in total. The van der Waals surface area contributed by atoms with Crippen molar-refractivity contribution in [1.29, 1.82) is 0 Å². The molecular weight excluding hydrogens is 525 g/mol. The molecule has 0 radical (unpaired) electrons. The Balaban J connectivity index is 1.61. The lowest BCUT2D eigenvalue weighted by atomic mass is 9.97. The van der Waals surface area contributed by atoms with Gasteiger partial charge in [0.25, 0.3) is 0 Å². The number of primary sulfonamides is 1. The highest BCUT2D eigenvalue weighted by Gasteiger charge is 2.20. The lowest BCUT2D eigenvalue weighted by molar-refractivity contribution is 0.283. The fourth-order valence-corrected chi connectivity index (χ4v) is 5.25. The first-order chi connectivity index (χ1) is 17.9. The van der Waals surface area contributed by atoms with E-state index in [9.17, 15) is 8.42 Å². The van der Waals surface area contributed by atoms with E-state index < -0.39 is 10.0 Å². The average molecular weight is 563 g/mol. The van der Waals surface area contributed by atoms with Crippen LogP contribution < -0.4 is 10.5 Å². The maximum absolute atomic E-state index is 11.7.